The molecule has 0 radical (unpaired) electrons. The van der Waals surface area contributed by atoms with Crippen LogP contribution in [0.2, 0.25) is 5.02 Å². The molecule has 7 nitrogen and oxygen atoms in total. The summed E-state index contributed by atoms with van der Waals surface area (Å²) >= 11 is 6.04. The van der Waals surface area contributed by atoms with Gasteiger partial charge in [-0.2, -0.15) is 0 Å². The number of nitrogens with one attached hydrogen (secondary N) is 2. The van der Waals surface area contributed by atoms with Gasteiger partial charge in [0.1, 0.15) is 5.60 Å². The van der Waals surface area contributed by atoms with Gasteiger partial charge >= 0.3 is 6.09 Å². The maximum atomic E-state index is 11.7. The summed E-state index contributed by atoms with van der Waals surface area (Å²) in [6.45, 7) is 5.42. The second-order valence-electron chi connectivity index (χ2n) is 6.58. The maximum Gasteiger partial charge on any atom is 0.407 e. The molecule has 0 atom stereocenters. The number of nitro benzene ring substituents is 1. The van der Waals surface area contributed by atoms with E-state index in [1.54, 1.807) is 0 Å². The number of non-ortho nitro benzene ring substituents is 1. The van der Waals surface area contributed by atoms with Gasteiger partial charge in [0.15, 0.2) is 0 Å². The fourth-order valence-electron chi connectivity index (χ4n) is 2.29. The number of amides is 1. The lowest BCUT2D eigenvalue weighted by Gasteiger charge is -2.37. The van der Waals surface area contributed by atoms with Crippen LogP contribution in [-0.2, 0) is 4.74 Å². The first-order valence-corrected chi connectivity index (χ1v) is 7.72. The number of alkyl carbamates (subject to hydrolysis) is 1. The molecule has 1 aromatic carbocycles. The number of carbonyl (C=O) groups excluding carboxylic acids is 1. The lowest BCUT2D eigenvalue weighted by atomic mass is 9.86. The first kappa shape index (κ1) is 17.3. The van der Waals surface area contributed by atoms with E-state index in [-0.39, 0.29) is 17.8 Å². The molecule has 2 N–H and O–H groups in total. The number of nitrogens with zero attached hydrogens (tertiary/aromatic N) is 1. The quantitative estimate of drug-likeness (QED) is 0.643. The summed E-state index contributed by atoms with van der Waals surface area (Å²) in [5, 5.41) is 17.2. The fraction of sp³-hybridized carbons (Fsp3) is 0.533. The standard InChI is InChI=1S/C15H20ClN3O4/c1-15(2,3)23-14(20)18-10-6-9(7-10)17-13-8-11(19(21)22)4-5-12(13)16/h4-5,8-10,17H,6-7H2,1-3H3,(H,18,20). The molecule has 1 saturated carbocycles. The molecular weight excluding hydrogens is 322 g/mol. The van der Waals surface area contributed by atoms with Crippen molar-refractivity contribution in [3.63, 3.8) is 0 Å². The minimum absolute atomic E-state index is 0.0142. The van der Waals surface area contributed by atoms with Gasteiger partial charge in [-0.05, 0) is 39.7 Å². The van der Waals surface area contributed by atoms with Gasteiger partial charge in [0, 0.05) is 24.2 Å². The van der Waals surface area contributed by atoms with Crippen LogP contribution < -0.4 is 10.6 Å². The van der Waals surface area contributed by atoms with Crippen molar-refractivity contribution in [3.05, 3.63) is 33.3 Å². The lowest BCUT2D eigenvalue weighted by molar-refractivity contribution is -0.384. The monoisotopic (exact) mass is 341 g/mol. The highest BCUT2D eigenvalue weighted by atomic mass is 35.5. The van der Waals surface area contributed by atoms with Crippen molar-refractivity contribution in [1.82, 2.24) is 5.32 Å². The third kappa shape index (κ3) is 4.99. The van der Waals surface area contributed by atoms with Crippen LogP contribution in [0.1, 0.15) is 33.6 Å². The number of hydrogen-bond acceptors (Lipinski definition) is 5. The number of ether oxygens (including phenoxy) is 1. The van der Waals surface area contributed by atoms with E-state index in [4.69, 9.17) is 16.3 Å². The fourth-order valence-corrected chi connectivity index (χ4v) is 2.46. The van der Waals surface area contributed by atoms with Gasteiger partial charge in [0.25, 0.3) is 5.69 Å². The molecule has 0 unspecified atom stereocenters. The predicted octanol–water partition coefficient (Wildman–Crippen LogP) is 3.72. The highest BCUT2D eigenvalue weighted by Crippen LogP contribution is 2.31. The largest absolute Gasteiger partial charge is 0.444 e. The average molecular weight is 342 g/mol. The zero-order valence-corrected chi connectivity index (χ0v) is 14.0. The van der Waals surface area contributed by atoms with Crippen molar-refractivity contribution in [2.24, 2.45) is 0 Å². The van der Waals surface area contributed by atoms with E-state index in [1.165, 1.54) is 18.2 Å². The molecule has 1 aliphatic rings. The van der Waals surface area contributed by atoms with Gasteiger partial charge in [-0.1, -0.05) is 11.6 Å². The smallest absolute Gasteiger partial charge is 0.407 e. The molecule has 1 fully saturated rings. The number of hydrogen-bond donors (Lipinski definition) is 2. The van der Waals surface area contributed by atoms with Crippen LogP contribution in [0.25, 0.3) is 0 Å². The van der Waals surface area contributed by atoms with Crippen LogP contribution in [0.15, 0.2) is 18.2 Å². The summed E-state index contributed by atoms with van der Waals surface area (Å²) in [5.41, 5.74) is -0.0108. The minimum atomic E-state index is -0.526. The molecule has 0 saturated heterocycles. The number of carbonyl (C=O) groups is 1. The Morgan fingerprint density at radius 1 is 1.35 bits per heavy atom. The molecule has 23 heavy (non-hydrogen) atoms. The summed E-state index contributed by atoms with van der Waals surface area (Å²) in [4.78, 5) is 22.0. The molecule has 1 amide bonds. The van der Waals surface area contributed by atoms with E-state index in [1.807, 2.05) is 20.8 Å². The summed E-state index contributed by atoms with van der Waals surface area (Å²) in [5.74, 6) is 0. The molecule has 0 bridgehead atoms. The molecule has 0 aliphatic heterocycles. The van der Waals surface area contributed by atoms with E-state index in [0.717, 1.165) is 0 Å². The Hall–Kier alpha value is -2.02. The van der Waals surface area contributed by atoms with Crippen molar-refractivity contribution in [1.29, 1.82) is 0 Å². The van der Waals surface area contributed by atoms with Crippen LogP contribution in [-0.4, -0.2) is 28.7 Å². The summed E-state index contributed by atoms with van der Waals surface area (Å²) in [6.07, 6.45) is 0.977. The molecule has 1 aromatic rings. The Morgan fingerprint density at radius 3 is 2.57 bits per heavy atom. The number of benzene rings is 1. The Balaban J connectivity index is 1.83. The molecule has 8 heteroatoms. The number of nitro groups is 1. The van der Waals surface area contributed by atoms with Crippen molar-refractivity contribution in [2.75, 3.05) is 5.32 Å². The second kappa shape index (κ2) is 6.62. The van der Waals surface area contributed by atoms with E-state index in [0.29, 0.717) is 23.6 Å². The van der Waals surface area contributed by atoms with Crippen LogP contribution >= 0.6 is 11.6 Å². The zero-order valence-electron chi connectivity index (χ0n) is 13.3. The normalized spacial score (nSPS) is 20.3. The van der Waals surface area contributed by atoms with E-state index in [9.17, 15) is 14.9 Å². The minimum Gasteiger partial charge on any atom is -0.444 e. The van der Waals surface area contributed by atoms with E-state index in [2.05, 4.69) is 10.6 Å². The second-order valence-corrected chi connectivity index (χ2v) is 6.98. The summed E-state index contributed by atoms with van der Waals surface area (Å²) in [7, 11) is 0. The Kier molecular flexibility index (Phi) is 4.99. The molecule has 0 aromatic heterocycles. The van der Waals surface area contributed by atoms with Gasteiger partial charge in [0.05, 0.1) is 15.6 Å². The SMILES string of the molecule is CC(C)(C)OC(=O)NC1CC(Nc2cc([N+](=O)[O-])ccc2Cl)C1. The van der Waals surface area contributed by atoms with Crippen LogP contribution in [0.5, 0.6) is 0 Å². The summed E-state index contributed by atoms with van der Waals surface area (Å²) < 4.78 is 5.19. The molecule has 0 heterocycles. The lowest BCUT2D eigenvalue weighted by Crippen LogP contribution is -2.50. The molecule has 126 valence electrons. The number of halogens is 1. The van der Waals surface area contributed by atoms with Crippen molar-refractivity contribution in [2.45, 2.75) is 51.3 Å². The molecule has 0 spiro atoms. The third-order valence-corrected chi connectivity index (χ3v) is 3.71. The topological polar surface area (TPSA) is 93.5 Å². The van der Waals surface area contributed by atoms with Gasteiger partial charge in [-0.3, -0.25) is 10.1 Å². The van der Waals surface area contributed by atoms with E-state index >= 15 is 0 Å². The van der Waals surface area contributed by atoms with Crippen molar-refractivity contribution >= 4 is 29.1 Å². The Labute approximate surface area is 139 Å². The van der Waals surface area contributed by atoms with Crippen LogP contribution in [0, 0.1) is 10.1 Å². The maximum absolute atomic E-state index is 11.7. The Morgan fingerprint density at radius 2 is 2.00 bits per heavy atom. The average Bonchev–Trinajstić information content (AvgIpc) is 2.35. The Bertz CT molecular complexity index is 609. The molecule has 1 aliphatic carbocycles. The molecular formula is C15H20ClN3O4. The summed E-state index contributed by atoms with van der Waals surface area (Å²) in [6, 6.07) is 4.41. The number of rotatable bonds is 4. The van der Waals surface area contributed by atoms with Crippen LogP contribution in [0.3, 0.4) is 0 Å². The highest BCUT2D eigenvalue weighted by Gasteiger charge is 2.32. The predicted molar refractivity (Wildman–Crippen MR) is 87.9 cm³/mol. The highest BCUT2D eigenvalue weighted by molar-refractivity contribution is 6.33. The van der Waals surface area contributed by atoms with Crippen molar-refractivity contribution in [3.8, 4) is 0 Å². The van der Waals surface area contributed by atoms with Gasteiger partial charge in [0.2, 0.25) is 0 Å². The first-order chi connectivity index (χ1) is 10.6. The van der Waals surface area contributed by atoms with Gasteiger partial charge in [-0.25, -0.2) is 4.79 Å². The van der Waals surface area contributed by atoms with Crippen molar-refractivity contribution < 1.29 is 14.5 Å². The number of anilines is 1. The van der Waals surface area contributed by atoms with Gasteiger partial charge < -0.3 is 15.4 Å². The van der Waals surface area contributed by atoms with Gasteiger partial charge in [-0.15, -0.1) is 0 Å². The third-order valence-electron chi connectivity index (χ3n) is 3.38. The first-order valence-electron chi connectivity index (χ1n) is 7.34. The van der Waals surface area contributed by atoms with Crippen LogP contribution in [0.4, 0.5) is 16.2 Å². The van der Waals surface area contributed by atoms with E-state index < -0.39 is 16.6 Å². The zero-order chi connectivity index (χ0) is 17.2. The molecule has 2 rings (SSSR count).